The van der Waals surface area contributed by atoms with Gasteiger partial charge in [0.15, 0.2) is 0 Å². The summed E-state index contributed by atoms with van der Waals surface area (Å²) in [5, 5.41) is 3.43. The molecule has 0 aliphatic carbocycles. The average Bonchev–Trinajstić information content (AvgIpc) is 2.81. The number of rotatable bonds is 11. The Morgan fingerprint density at radius 2 is 1.83 bits per heavy atom. The fourth-order valence-corrected chi connectivity index (χ4v) is 3.73. The van der Waals surface area contributed by atoms with Gasteiger partial charge in [0.05, 0.1) is 24.3 Å². The monoisotopic (exact) mass is 514 g/mol. The Labute approximate surface area is 214 Å². The smallest absolute Gasteiger partial charge is 0.354 e. The van der Waals surface area contributed by atoms with Crippen LogP contribution in [0.2, 0.25) is 5.02 Å². The number of hydrogen-bond donors (Lipinski definition) is 1. The van der Waals surface area contributed by atoms with Crippen LogP contribution < -0.4 is 21.4 Å². The van der Waals surface area contributed by atoms with Crippen LogP contribution in [0.3, 0.4) is 0 Å². The van der Waals surface area contributed by atoms with Crippen molar-refractivity contribution in [1.82, 2.24) is 14.1 Å². The predicted molar refractivity (Wildman–Crippen MR) is 139 cm³/mol. The molecule has 0 unspecified atom stereocenters. The van der Waals surface area contributed by atoms with Crippen LogP contribution in [0, 0.1) is 6.92 Å². The van der Waals surface area contributed by atoms with Gasteiger partial charge in [0, 0.05) is 18.7 Å². The van der Waals surface area contributed by atoms with Crippen molar-refractivity contribution >= 4 is 29.2 Å². The van der Waals surface area contributed by atoms with E-state index >= 15 is 0 Å². The summed E-state index contributed by atoms with van der Waals surface area (Å²) in [6.07, 6.45) is 0.333. The second-order valence-corrected chi connectivity index (χ2v) is 8.98. The molecule has 1 aromatic heterocycles. The van der Waals surface area contributed by atoms with Crippen molar-refractivity contribution in [2.75, 3.05) is 11.9 Å². The third kappa shape index (κ3) is 7.21. The number of esters is 1. The lowest BCUT2D eigenvalue weighted by atomic mass is 10.1. The molecule has 0 amide bonds. The average molecular weight is 515 g/mol. The van der Waals surface area contributed by atoms with E-state index in [1.807, 2.05) is 45.0 Å². The fraction of sp³-hybridized carbons (Fsp3) is 0.385. The molecule has 0 atom stereocenters. The molecule has 2 aromatic carbocycles. The van der Waals surface area contributed by atoms with E-state index in [-0.39, 0.29) is 50.6 Å². The molecule has 1 heterocycles. The Bertz CT molecular complexity index is 1320. The summed E-state index contributed by atoms with van der Waals surface area (Å²) >= 11 is 6.36. The fourth-order valence-electron chi connectivity index (χ4n) is 3.51. The highest BCUT2D eigenvalue weighted by molar-refractivity contribution is 6.32. The number of ether oxygens (including phenoxy) is 2. The minimum Gasteiger partial charge on any atom is -0.489 e. The zero-order chi connectivity index (χ0) is 26.2. The predicted octanol–water partition coefficient (Wildman–Crippen LogP) is 4.29. The van der Waals surface area contributed by atoms with Crippen LogP contribution in [0.4, 0.5) is 11.6 Å². The number of halogens is 1. The molecule has 9 nitrogen and oxygen atoms in total. The van der Waals surface area contributed by atoms with Crippen LogP contribution in [0.5, 0.6) is 5.75 Å². The van der Waals surface area contributed by atoms with Crippen LogP contribution in [-0.2, 0) is 22.6 Å². The number of carbonyl (C=O) groups excluding carboxylic acids is 1. The van der Waals surface area contributed by atoms with Crippen molar-refractivity contribution in [1.29, 1.82) is 0 Å². The molecule has 192 valence electrons. The molecule has 0 spiro atoms. The van der Waals surface area contributed by atoms with Crippen molar-refractivity contribution in [2.24, 2.45) is 0 Å². The van der Waals surface area contributed by atoms with Crippen molar-refractivity contribution in [3.8, 4) is 5.75 Å². The molecule has 3 rings (SSSR count). The quantitative estimate of drug-likeness (QED) is 0.380. The molecular formula is C26H31ClN4O5. The molecule has 0 radical (unpaired) electrons. The summed E-state index contributed by atoms with van der Waals surface area (Å²) in [5.41, 5.74) is 1.25. The van der Waals surface area contributed by atoms with Gasteiger partial charge in [-0.15, -0.1) is 0 Å². The minimum absolute atomic E-state index is 0.0425. The van der Waals surface area contributed by atoms with Gasteiger partial charge in [-0.25, -0.2) is 14.2 Å². The molecule has 10 heteroatoms. The third-order valence-corrected chi connectivity index (χ3v) is 5.53. The zero-order valence-electron chi connectivity index (χ0n) is 20.9. The first-order valence-electron chi connectivity index (χ1n) is 11.8. The number of aromatic nitrogens is 3. The van der Waals surface area contributed by atoms with E-state index in [1.54, 1.807) is 25.1 Å². The maximum absolute atomic E-state index is 13.4. The molecule has 0 aliphatic rings. The van der Waals surface area contributed by atoms with E-state index < -0.39 is 11.4 Å². The standard InChI is InChI=1S/C26H31ClN4O5/c1-5-35-23(32)7-6-14-30-25(33)29-24(28-20-12-13-22(21(27)15-20)36-17(2)3)31(26(30)34)16-19-10-8-18(4)9-11-19/h8-13,15,17H,5-7,14,16H2,1-4H3,(H,28,29,33). The van der Waals surface area contributed by atoms with Crippen molar-refractivity contribution in [3.05, 3.63) is 79.6 Å². The van der Waals surface area contributed by atoms with E-state index in [4.69, 9.17) is 21.1 Å². The van der Waals surface area contributed by atoms with Gasteiger partial charge in [0.1, 0.15) is 5.75 Å². The van der Waals surface area contributed by atoms with Crippen LogP contribution in [0.1, 0.15) is 44.7 Å². The second-order valence-electron chi connectivity index (χ2n) is 8.57. The first-order chi connectivity index (χ1) is 17.2. The molecule has 0 saturated heterocycles. The van der Waals surface area contributed by atoms with Crippen LogP contribution in [-0.4, -0.2) is 32.8 Å². The van der Waals surface area contributed by atoms with Gasteiger partial charge >= 0.3 is 17.3 Å². The number of nitrogens with one attached hydrogen (secondary N) is 1. The summed E-state index contributed by atoms with van der Waals surface area (Å²) < 4.78 is 13.0. The summed E-state index contributed by atoms with van der Waals surface area (Å²) in [6, 6.07) is 12.8. The number of benzene rings is 2. The van der Waals surface area contributed by atoms with Gasteiger partial charge in [-0.3, -0.25) is 9.36 Å². The van der Waals surface area contributed by atoms with Gasteiger partial charge in [-0.2, -0.15) is 4.98 Å². The van der Waals surface area contributed by atoms with Crippen LogP contribution >= 0.6 is 11.6 Å². The van der Waals surface area contributed by atoms with E-state index in [0.29, 0.717) is 16.5 Å². The first-order valence-corrected chi connectivity index (χ1v) is 12.2. The first kappa shape index (κ1) is 27.0. The topological polar surface area (TPSA) is 104 Å². The highest BCUT2D eigenvalue weighted by Gasteiger charge is 2.16. The molecule has 1 N–H and O–H groups in total. The number of anilines is 2. The lowest BCUT2D eigenvalue weighted by Gasteiger charge is -2.17. The highest BCUT2D eigenvalue weighted by atomic mass is 35.5. The second kappa shape index (κ2) is 12.4. The Hall–Kier alpha value is -3.59. The number of aryl methyl sites for hydroxylation is 1. The van der Waals surface area contributed by atoms with Gasteiger partial charge in [0.25, 0.3) is 0 Å². The number of carbonyl (C=O) groups is 1. The Balaban J connectivity index is 1.95. The summed E-state index contributed by atoms with van der Waals surface area (Å²) in [5.74, 6) is 0.235. The van der Waals surface area contributed by atoms with Gasteiger partial charge in [0.2, 0.25) is 5.95 Å². The maximum Gasteiger partial charge on any atom is 0.354 e. The maximum atomic E-state index is 13.4. The molecule has 0 bridgehead atoms. The molecule has 0 saturated carbocycles. The lowest BCUT2D eigenvalue weighted by Crippen LogP contribution is -2.42. The summed E-state index contributed by atoms with van der Waals surface area (Å²) in [7, 11) is 0. The Morgan fingerprint density at radius 1 is 1.11 bits per heavy atom. The van der Waals surface area contributed by atoms with Crippen LogP contribution in [0.15, 0.2) is 52.1 Å². The normalized spacial score (nSPS) is 10.9. The van der Waals surface area contributed by atoms with E-state index in [1.165, 1.54) is 4.57 Å². The third-order valence-electron chi connectivity index (χ3n) is 5.23. The molecule has 0 fully saturated rings. The zero-order valence-corrected chi connectivity index (χ0v) is 21.7. The van der Waals surface area contributed by atoms with Crippen molar-refractivity contribution in [2.45, 2.75) is 59.7 Å². The van der Waals surface area contributed by atoms with Crippen LogP contribution in [0.25, 0.3) is 0 Å². The Morgan fingerprint density at radius 3 is 2.47 bits per heavy atom. The minimum atomic E-state index is -0.711. The van der Waals surface area contributed by atoms with Gasteiger partial charge in [-0.05, 0) is 57.9 Å². The van der Waals surface area contributed by atoms with E-state index in [0.717, 1.165) is 15.7 Å². The van der Waals surface area contributed by atoms with Crippen molar-refractivity contribution < 1.29 is 14.3 Å². The number of nitrogens with zero attached hydrogens (tertiary/aromatic N) is 3. The highest BCUT2D eigenvalue weighted by Crippen LogP contribution is 2.29. The summed E-state index contributed by atoms with van der Waals surface area (Å²) in [6.45, 7) is 8.01. The SMILES string of the molecule is CCOC(=O)CCCn1c(=O)nc(Nc2ccc(OC(C)C)c(Cl)c2)n(Cc2ccc(C)cc2)c1=O. The number of hydrogen-bond acceptors (Lipinski definition) is 7. The Kier molecular flexibility index (Phi) is 9.30. The van der Waals surface area contributed by atoms with E-state index in [9.17, 15) is 14.4 Å². The largest absolute Gasteiger partial charge is 0.489 e. The molecule has 0 aliphatic heterocycles. The lowest BCUT2D eigenvalue weighted by molar-refractivity contribution is -0.143. The van der Waals surface area contributed by atoms with Gasteiger partial charge < -0.3 is 14.8 Å². The van der Waals surface area contributed by atoms with Gasteiger partial charge in [-0.1, -0.05) is 41.4 Å². The van der Waals surface area contributed by atoms with E-state index in [2.05, 4.69) is 10.3 Å². The van der Waals surface area contributed by atoms with Crippen molar-refractivity contribution in [3.63, 3.8) is 0 Å². The molecule has 36 heavy (non-hydrogen) atoms. The molecular weight excluding hydrogens is 484 g/mol. The molecule has 3 aromatic rings. The summed E-state index contributed by atoms with van der Waals surface area (Å²) in [4.78, 5) is 42.0.